The second-order valence-corrected chi connectivity index (χ2v) is 7.55. The zero-order valence-corrected chi connectivity index (χ0v) is 13.5. The van der Waals surface area contributed by atoms with Crippen LogP contribution in [-0.2, 0) is 6.42 Å². The zero-order valence-electron chi connectivity index (χ0n) is 13.5. The standard InChI is InChI=1S/C19H26O2/c1-11(2)13-9-12-5-6-15-18(14(12)10-17(13)21)16(20)7-8-19(15,3)4/h9-11,16,20-21H,5-8H2,1-4H3/t16-/m1/s1. The van der Waals surface area contributed by atoms with Gasteiger partial charge < -0.3 is 10.2 Å². The molecule has 0 fully saturated rings. The fourth-order valence-corrected chi connectivity index (χ4v) is 4.01. The van der Waals surface area contributed by atoms with E-state index in [1.54, 1.807) is 0 Å². The van der Waals surface area contributed by atoms with Crippen LogP contribution < -0.4 is 0 Å². The van der Waals surface area contributed by atoms with Crippen molar-refractivity contribution in [1.82, 2.24) is 0 Å². The molecule has 0 bridgehead atoms. The minimum Gasteiger partial charge on any atom is -0.508 e. The topological polar surface area (TPSA) is 40.5 Å². The van der Waals surface area contributed by atoms with E-state index >= 15 is 0 Å². The summed E-state index contributed by atoms with van der Waals surface area (Å²) >= 11 is 0. The van der Waals surface area contributed by atoms with Crippen molar-refractivity contribution in [2.75, 3.05) is 0 Å². The van der Waals surface area contributed by atoms with E-state index < -0.39 is 0 Å². The highest BCUT2D eigenvalue weighted by Gasteiger charge is 2.37. The lowest BCUT2D eigenvalue weighted by molar-refractivity contribution is 0.181. The van der Waals surface area contributed by atoms with Crippen molar-refractivity contribution in [3.63, 3.8) is 0 Å². The first-order valence-corrected chi connectivity index (χ1v) is 8.09. The molecule has 2 N–H and O–H groups in total. The summed E-state index contributed by atoms with van der Waals surface area (Å²) in [7, 11) is 0. The van der Waals surface area contributed by atoms with Gasteiger partial charge in [0.25, 0.3) is 0 Å². The SMILES string of the molecule is CC(C)c1cc2c(cc1O)C1=C(CC2)C(C)(C)CC[C@H]1O. The fourth-order valence-electron chi connectivity index (χ4n) is 4.01. The molecule has 0 aliphatic heterocycles. The maximum atomic E-state index is 10.5. The first kappa shape index (κ1) is 14.6. The molecule has 0 unspecified atom stereocenters. The van der Waals surface area contributed by atoms with E-state index in [-0.39, 0.29) is 11.5 Å². The number of allylic oxidation sites excluding steroid dienone is 1. The van der Waals surface area contributed by atoms with Gasteiger partial charge in [-0.15, -0.1) is 0 Å². The highest BCUT2D eigenvalue weighted by Crippen LogP contribution is 2.50. The molecule has 0 saturated carbocycles. The quantitative estimate of drug-likeness (QED) is 0.803. The molecular formula is C19H26O2. The minimum atomic E-state index is -0.378. The highest BCUT2D eigenvalue weighted by atomic mass is 16.3. The van der Waals surface area contributed by atoms with Gasteiger partial charge in [0.05, 0.1) is 6.10 Å². The Kier molecular flexibility index (Phi) is 3.40. The number of phenols is 1. The summed E-state index contributed by atoms with van der Waals surface area (Å²) in [5, 5.41) is 20.9. The van der Waals surface area contributed by atoms with Crippen molar-refractivity contribution in [1.29, 1.82) is 0 Å². The lowest BCUT2D eigenvalue weighted by Crippen LogP contribution is -2.30. The molecule has 2 heteroatoms. The monoisotopic (exact) mass is 286 g/mol. The van der Waals surface area contributed by atoms with E-state index in [0.717, 1.165) is 42.4 Å². The number of aliphatic hydroxyl groups excluding tert-OH is 1. The Morgan fingerprint density at radius 3 is 2.57 bits per heavy atom. The normalized spacial score (nSPS) is 24.0. The van der Waals surface area contributed by atoms with E-state index in [4.69, 9.17) is 0 Å². The predicted octanol–water partition coefficient (Wildman–Crippen LogP) is 4.40. The molecule has 2 aliphatic rings. The van der Waals surface area contributed by atoms with Gasteiger partial charge in [0, 0.05) is 0 Å². The summed E-state index contributed by atoms with van der Waals surface area (Å²) in [5.41, 5.74) is 6.04. The van der Waals surface area contributed by atoms with Crippen LogP contribution in [-0.4, -0.2) is 16.3 Å². The van der Waals surface area contributed by atoms with Crippen LogP contribution in [0.1, 0.15) is 69.6 Å². The number of hydrogen-bond acceptors (Lipinski definition) is 2. The van der Waals surface area contributed by atoms with Gasteiger partial charge in [-0.25, -0.2) is 0 Å². The van der Waals surface area contributed by atoms with Gasteiger partial charge in [0.1, 0.15) is 5.75 Å². The predicted molar refractivity (Wildman–Crippen MR) is 86.5 cm³/mol. The van der Waals surface area contributed by atoms with Crippen LogP contribution in [0.25, 0.3) is 5.57 Å². The van der Waals surface area contributed by atoms with Gasteiger partial charge in [0.2, 0.25) is 0 Å². The average Bonchev–Trinajstić information content (AvgIpc) is 2.41. The Hall–Kier alpha value is -1.28. The molecule has 21 heavy (non-hydrogen) atoms. The van der Waals surface area contributed by atoms with E-state index in [9.17, 15) is 10.2 Å². The fraction of sp³-hybridized carbons (Fsp3) is 0.579. The van der Waals surface area contributed by atoms with Crippen molar-refractivity contribution in [3.8, 4) is 5.75 Å². The van der Waals surface area contributed by atoms with Crippen molar-refractivity contribution < 1.29 is 10.2 Å². The smallest absolute Gasteiger partial charge is 0.119 e. The molecule has 1 aromatic carbocycles. The summed E-state index contributed by atoms with van der Waals surface area (Å²) in [4.78, 5) is 0. The summed E-state index contributed by atoms with van der Waals surface area (Å²) in [5.74, 6) is 0.687. The number of fused-ring (bicyclic) bond motifs is 2. The molecule has 0 spiro atoms. The molecule has 1 aromatic rings. The number of rotatable bonds is 1. The molecule has 114 valence electrons. The minimum absolute atomic E-state index is 0.165. The molecule has 1 atom stereocenters. The lowest BCUT2D eigenvalue weighted by atomic mass is 9.65. The molecule has 0 radical (unpaired) electrons. The summed E-state index contributed by atoms with van der Waals surface area (Å²) in [6.45, 7) is 8.77. The Bertz CT molecular complexity index is 608. The number of aliphatic hydroxyl groups is 1. The van der Waals surface area contributed by atoms with Crippen molar-refractivity contribution in [2.24, 2.45) is 5.41 Å². The number of benzene rings is 1. The van der Waals surface area contributed by atoms with E-state index in [1.165, 1.54) is 11.1 Å². The molecule has 0 amide bonds. The van der Waals surface area contributed by atoms with Gasteiger partial charge >= 0.3 is 0 Å². The second-order valence-electron chi connectivity index (χ2n) is 7.55. The van der Waals surface area contributed by atoms with Crippen LogP contribution in [0.3, 0.4) is 0 Å². The van der Waals surface area contributed by atoms with Gasteiger partial charge in [0.15, 0.2) is 0 Å². The van der Waals surface area contributed by atoms with Crippen molar-refractivity contribution in [2.45, 2.75) is 65.4 Å². The summed E-state index contributed by atoms with van der Waals surface area (Å²) < 4.78 is 0. The van der Waals surface area contributed by atoms with E-state index in [2.05, 4.69) is 33.8 Å². The Morgan fingerprint density at radius 1 is 1.19 bits per heavy atom. The Labute approximate surface area is 127 Å². The second kappa shape index (κ2) is 4.88. The molecule has 2 nitrogen and oxygen atoms in total. The third kappa shape index (κ3) is 2.30. The number of phenolic OH excluding ortho intramolecular Hbond substituents is 1. The first-order valence-electron chi connectivity index (χ1n) is 8.09. The maximum absolute atomic E-state index is 10.5. The number of aromatic hydroxyl groups is 1. The first-order chi connectivity index (χ1) is 9.81. The third-order valence-electron chi connectivity index (χ3n) is 5.33. The molecule has 0 heterocycles. The van der Waals surface area contributed by atoms with E-state index in [1.807, 2.05) is 6.07 Å². The number of aryl methyl sites for hydroxylation is 1. The van der Waals surface area contributed by atoms with Crippen LogP contribution >= 0.6 is 0 Å². The van der Waals surface area contributed by atoms with E-state index in [0.29, 0.717) is 11.7 Å². The Balaban J connectivity index is 2.19. The van der Waals surface area contributed by atoms with Gasteiger partial charge in [-0.05, 0) is 65.3 Å². The molecule has 0 aromatic heterocycles. The van der Waals surface area contributed by atoms with Gasteiger partial charge in [-0.3, -0.25) is 0 Å². The average molecular weight is 286 g/mol. The summed E-state index contributed by atoms with van der Waals surface area (Å²) in [6.07, 6.45) is 3.53. The maximum Gasteiger partial charge on any atom is 0.119 e. The van der Waals surface area contributed by atoms with Crippen LogP contribution in [0.15, 0.2) is 17.7 Å². The molecule has 0 saturated heterocycles. The van der Waals surface area contributed by atoms with Crippen LogP contribution in [0.2, 0.25) is 0 Å². The third-order valence-corrected chi connectivity index (χ3v) is 5.33. The zero-order chi connectivity index (χ0) is 15.4. The Morgan fingerprint density at radius 2 is 1.90 bits per heavy atom. The number of hydrogen-bond donors (Lipinski definition) is 2. The van der Waals surface area contributed by atoms with Gasteiger partial charge in [-0.2, -0.15) is 0 Å². The highest BCUT2D eigenvalue weighted by molar-refractivity contribution is 5.78. The van der Waals surface area contributed by atoms with Crippen LogP contribution in [0.4, 0.5) is 0 Å². The summed E-state index contributed by atoms with van der Waals surface area (Å²) in [6, 6.07) is 4.04. The van der Waals surface area contributed by atoms with Crippen LogP contribution in [0.5, 0.6) is 5.75 Å². The molecular weight excluding hydrogens is 260 g/mol. The van der Waals surface area contributed by atoms with Gasteiger partial charge in [-0.1, -0.05) is 39.3 Å². The largest absolute Gasteiger partial charge is 0.508 e. The van der Waals surface area contributed by atoms with Crippen molar-refractivity contribution >= 4 is 5.57 Å². The molecule has 3 rings (SSSR count). The van der Waals surface area contributed by atoms with Crippen LogP contribution in [0, 0.1) is 5.41 Å². The van der Waals surface area contributed by atoms with Crippen molar-refractivity contribution in [3.05, 3.63) is 34.4 Å². The lowest BCUT2D eigenvalue weighted by Gasteiger charge is -2.41. The molecule has 2 aliphatic carbocycles.